The molecule has 20 heavy (non-hydrogen) atoms. The van der Waals surface area contributed by atoms with E-state index < -0.39 is 0 Å². The Kier molecular flexibility index (Phi) is 7.53. The maximum atomic E-state index is 3.70. The Hall–Kier alpha value is -0.0800. The second-order valence-electron chi connectivity index (χ2n) is 7.84. The van der Waals surface area contributed by atoms with Crippen molar-refractivity contribution in [2.45, 2.75) is 73.3 Å². The fraction of sp³-hybridized carbons (Fsp3) is 1.00. The van der Waals surface area contributed by atoms with E-state index in [4.69, 9.17) is 0 Å². The van der Waals surface area contributed by atoms with Gasteiger partial charge in [0.1, 0.15) is 0 Å². The van der Waals surface area contributed by atoms with Crippen LogP contribution in [0.15, 0.2) is 0 Å². The molecule has 0 bridgehead atoms. The molecule has 1 heterocycles. The highest BCUT2D eigenvalue weighted by molar-refractivity contribution is 4.82. The first-order valence-electron chi connectivity index (χ1n) is 8.84. The lowest BCUT2D eigenvalue weighted by molar-refractivity contribution is 0.193. The van der Waals surface area contributed by atoms with Gasteiger partial charge in [0.2, 0.25) is 0 Å². The fourth-order valence-corrected chi connectivity index (χ4v) is 3.48. The highest BCUT2D eigenvalue weighted by Gasteiger charge is 2.28. The van der Waals surface area contributed by atoms with Gasteiger partial charge in [-0.25, -0.2) is 0 Å². The highest BCUT2D eigenvalue weighted by Crippen LogP contribution is 2.34. The average Bonchev–Trinajstić information content (AvgIpc) is 2.62. The van der Waals surface area contributed by atoms with Crippen molar-refractivity contribution < 1.29 is 0 Å². The average molecular weight is 283 g/mol. The lowest BCUT2D eigenvalue weighted by atomic mass is 9.77. The molecule has 120 valence electrons. The van der Waals surface area contributed by atoms with Gasteiger partial charge < -0.3 is 10.2 Å². The van der Waals surface area contributed by atoms with Gasteiger partial charge in [0.25, 0.3) is 0 Å². The molecular formula is C18H38N2. The largest absolute Gasteiger partial charge is 0.313 e. The van der Waals surface area contributed by atoms with Crippen LogP contribution in [0.2, 0.25) is 0 Å². The highest BCUT2D eigenvalue weighted by atomic mass is 15.1. The second kappa shape index (κ2) is 8.38. The minimum atomic E-state index is 0.480. The van der Waals surface area contributed by atoms with Crippen LogP contribution in [0.4, 0.5) is 0 Å². The van der Waals surface area contributed by atoms with Gasteiger partial charge in [-0.15, -0.1) is 0 Å². The summed E-state index contributed by atoms with van der Waals surface area (Å²) < 4.78 is 0. The van der Waals surface area contributed by atoms with Crippen molar-refractivity contribution in [2.24, 2.45) is 17.3 Å². The van der Waals surface area contributed by atoms with Gasteiger partial charge in [0.05, 0.1) is 0 Å². The van der Waals surface area contributed by atoms with Crippen LogP contribution in [0.1, 0.15) is 67.2 Å². The predicted octanol–water partition coefficient (Wildman–Crippen LogP) is 4.16. The molecule has 3 atom stereocenters. The molecule has 0 aromatic rings. The molecular weight excluding hydrogens is 244 g/mol. The number of hydrogen-bond donors (Lipinski definition) is 1. The Morgan fingerprint density at radius 2 is 1.85 bits per heavy atom. The molecule has 3 unspecified atom stereocenters. The van der Waals surface area contributed by atoms with E-state index in [-0.39, 0.29) is 0 Å². The van der Waals surface area contributed by atoms with Crippen molar-refractivity contribution in [1.29, 1.82) is 0 Å². The van der Waals surface area contributed by atoms with Crippen LogP contribution in [0.25, 0.3) is 0 Å². The smallest absolute Gasteiger partial charge is 0.0220 e. The van der Waals surface area contributed by atoms with Crippen molar-refractivity contribution in [3.05, 3.63) is 0 Å². The summed E-state index contributed by atoms with van der Waals surface area (Å²) in [7, 11) is 0. The Bertz CT molecular complexity index is 257. The quantitative estimate of drug-likeness (QED) is 0.787. The third-order valence-corrected chi connectivity index (χ3v) is 5.30. The van der Waals surface area contributed by atoms with Crippen LogP contribution < -0.4 is 5.32 Å². The van der Waals surface area contributed by atoms with Crippen LogP contribution in [0.5, 0.6) is 0 Å². The van der Waals surface area contributed by atoms with E-state index >= 15 is 0 Å². The van der Waals surface area contributed by atoms with Crippen molar-refractivity contribution in [2.75, 3.05) is 26.2 Å². The zero-order chi connectivity index (χ0) is 15.2. The van der Waals surface area contributed by atoms with Crippen LogP contribution in [0, 0.1) is 17.3 Å². The lowest BCUT2D eigenvalue weighted by Crippen LogP contribution is -2.45. The van der Waals surface area contributed by atoms with Crippen molar-refractivity contribution in [3.8, 4) is 0 Å². The van der Waals surface area contributed by atoms with E-state index in [0.29, 0.717) is 11.5 Å². The number of hydrogen-bond acceptors (Lipinski definition) is 2. The number of nitrogens with zero attached hydrogens (tertiary/aromatic N) is 1. The fourth-order valence-electron chi connectivity index (χ4n) is 3.48. The van der Waals surface area contributed by atoms with Crippen LogP contribution in [-0.2, 0) is 0 Å². The normalized spacial score (nSPS) is 25.2. The monoisotopic (exact) mass is 282 g/mol. The maximum absolute atomic E-state index is 3.70. The molecule has 0 aliphatic carbocycles. The van der Waals surface area contributed by atoms with Gasteiger partial charge >= 0.3 is 0 Å². The Morgan fingerprint density at radius 1 is 1.15 bits per heavy atom. The first kappa shape index (κ1) is 18.0. The first-order chi connectivity index (χ1) is 9.38. The number of nitrogens with one attached hydrogen (secondary N) is 1. The van der Waals surface area contributed by atoms with Crippen molar-refractivity contribution in [3.63, 3.8) is 0 Å². The molecule has 1 aliphatic rings. The predicted molar refractivity (Wildman–Crippen MR) is 90.2 cm³/mol. The molecule has 1 N–H and O–H groups in total. The summed E-state index contributed by atoms with van der Waals surface area (Å²) >= 11 is 0. The van der Waals surface area contributed by atoms with E-state index in [0.717, 1.165) is 18.4 Å². The molecule has 0 amide bonds. The molecule has 0 spiro atoms. The minimum absolute atomic E-state index is 0.480. The third kappa shape index (κ3) is 5.73. The van der Waals surface area contributed by atoms with E-state index in [2.05, 4.69) is 51.8 Å². The summed E-state index contributed by atoms with van der Waals surface area (Å²) in [6, 6.07) is 0.663. The SMILES string of the molecule is CCNC(CN1CCCC(C(C)(C)C)CC1)C(C)CC. The third-order valence-electron chi connectivity index (χ3n) is 5.30. The minimum Gasteiger partial charge on any atom is -0.313 e. The summed E-state index contributed by atoms with van der Waals surface area (Å²) in [5, 5.41) is 3.70. The summed E-state index contributed by atoms with van der Waals surface area (Å²) in [5.41, 5.74) is 0.480. The zero-order valence-corrected chi connectivity index (χ0v) is 14.8. The van der Waals surface area contributed by atoms with Gasteiger partial charge in [-0.1, -0.05) is 48.0 Å². The van der Waals surface area contributed by atoms with Crippen LogP contribution in [0.3, 0.4) is 0 Å². The Labute approximate surface area is 127 Å². The van der Waals surface area contributed by atoms with Gasteiger partial charge in [-0.05, 0) is 56.1 Å². The van der Waals surface area contributed by atoms with E-state index in [1.807, 2.05) is 0 Å². The topological polar surface area (TPSA) is 15.3 Å². The van der Waals surface area contributed by atoms with Crippen molar-refractivity contribution >= 4 is 0 Å². The zero-order valence-electron chi connectivity index (χ0n) is 14.8. The number of likely N-dealkylation sites (tertiary alicyclic amines) is 1. The molecule has 0 radical (unpaired) electrons. The summed E-state index contributed by atoms with van der Waals surface area (Å²) in [6.07, 6.45) is 5.44. The van der Waals surface area contributed by atoms with E-state index in [1.54, 1.807) is 0 Å². The molecule has 2 nitrogen and oxygen atoms in total. The molecule has 1 fully saturated rings. The first-order valence-corrected chi connectivity index (χ1v) is 8.84. The standard InChI is InChI=1S/C18H38N2/c1-7-15(3)17(19-8-2)14-20-12-9-10-16(11-13-20)18(4,5)6/h15-17,19H,7-14H2,1-6H3. The molecule has 2 heteroatoms. The summed E-state index contributed by atoms with van der Waals surface area (Å²) in [5.74, 6) is 1.67. The molecule has 1 rings (SSSR count). The van der Waals surface area contributed by atoms with Crippen LogP contribution in [-0.4, -0.2) is 37.1 Å². The van der Waals surface area contributed by atoms with E-state index in [9.17, 15) is 0 Å². The van der Waals surface area contributed by atoms with Gasteiger partial charge in [-0.2, -0.15) is 0 Å². The number of likely N-dealkylation sites (N-methyl/N-ethyl adjacent to an activating group) is 1. The molecule has 0 aromatic carbocycles. The molecule has 1 saturated heterocycles. The molecule has 1 aliphatic heterocycles. The maximum Gasteiger partial charge on any atom is 0.0220 e. The Morgan fingerprint density at radius 3 is 2.40 bits per heavy atom. The molecule has 0 saturated carbocycles. The van der Waals surface area contributed by atoms with Gasteiger partial charge in [-0.3, -0.25) is 0 Å². The summed E-state index contributed by atoms with van der Waals surface area (Å²) in [4.78, 5) is 2.71. The van der Waals surface area contributed by atoms with Gasteiger partial charge in [0, 0.05) is 12.6 Å². The summed E-state index contributed by atoms with van der Waals surface area (Å²) in [6.45, 7) is 19.1. The Balaban J connectivity index is 2.51. The van der Waals surface area contributed by atoms with Gasteiger partial charge in [0.15, 0.2) is 0 Å². The molecule has 0 aromatic heterocycles. The second-order valence-corrected chi connectivity index (χ2v) is 7.84. The lowest BCUT2D eigenvalue weighted by Gasteiger charge is -2.32. The number of rotatable bonds is 6. The van der Waals surface area contributed by atoms with Crippen molar-refractivity contribution in [1.82, 2.24) is 10.2 Å². The van der Waals surface area contributed by atoms with E-state index in [1.165, 1.54) is 45.3 Å². The van der Waals surface area contributed by atoms with Crippen LogP contribution >= 0.6 is 0 Å².